The lowest BCUT2D eigenvalue weighted by Crippen LogP contribution is -2.31. The maximum absolute atomic E-state index is 13.5. The van der Waals surface area contributed by atoms with E-state index in [0.29, 0.717) is 17.6 Å². The highest BCUT2D eigenvalue weighted by Crippen LogP contribution is 2.27. The van der Waals surface area contributed by atoms with Crippen LogP contribution in [-0.2, 0) is 11.3 Å². The van der Waals surface area contributed by atoms with Crippen molar-refractivity contribution in [3.63, 3.8) is 0 Å². The predicted octanol–water partition coefficient (Wildman–Crippen LogP) is 2.42. The zero-order valence-corrected chi connectivity index (χ0v) is 15.0. The molecule has 2 rings (SSSR count). The second-order valence-electron chi connectivity index (χ2n) is 5.60. The minimum absolute atomic E-state index is 0.0157. The van der Waals surface area contributed by atoms with Gasteiger partial charge in [-0.25, -0.2) is 8.78 Å². The van der Waals surface area contributed by atoms with E-state index in [9.17, 15) is 18.4 Å². The molecule has 6 nitrogen and oxygen atoms in total. The number of hydrogen-bond donors (Lipinski definition) is 2. The Hall–Kier alpha value is -3.16. The lowest BCUT2D eigenvalue weighted by molar-refractivity contribution is -0.121. The molecule has 0 saturated heterocycles. The van der Waals surface area contributed by atoms with Gasteiger partial charge in [-0.15, -0.1) is 0 Å². The van der Waals surface area contributed by atoms with Gasteiger partial charge in [0, 0.05) is 25.6 Å². The van der Waals surface area contributed by atoms with E-state index in [2.05, 4.69) is 10.6 Å². The molecule has 0 spiro atoms. The number of carbonyl (C=O) groups is 2. The monoisotopic (exact) mass is 378 g/mol. The average Bonchev–Trinajstić information content (AvgIpc) is 2.65. The molecular weight excluding hydrogens is 358 g/mol. The van der Waals surface area contributed by atoms with Crippen LogP contribution in [0, 0.1) is 11.6 Å². The Morgan fingerprint density at radius 1 is 0.963 bits per heavy atom. The summed E-state index contributed by atoms with van der Waals surface area (Å²) >= 11 is 0. The van der Waals surface area contributed by atoms with E-state index in [1.807, 2.05) is 0 Å². The van der Waals surface area contributed by atoms with Crippen LogP contribution in [-0.4, -0.2) is 32.6 Å². The van der Waals surface area contributed by atoms with Crippen LogP contribution in [0.4, 0.5) is 8.78 Å². The Morgan fingerprint density at radius 3 is 2.37 bits per heavy atom. The van der Waals surface area contributed by atoms with E-state index in [1.54, 1.807) is 18.2 Å². The third-order valence-corrected chi connectivity index (χ3v) is 3.75. The summed E-state index contributed by atoms with van der Waals surface area (Å²) < 4.78 is 36.7. The van der Waals surface area contributed by atoms with Gasteiger partial charge >= 0.3 is 0 Å². The highest BCUT2D eigenvalue weighted by Gasteiger charge is 2.12. The molecule has 0 atom stereocenters. The highest BCUT2D eigenvalue weighted by molar-refractivity contribution is 5.94. The van der Waals surface area contributed by atoms with Gasteiger partial charge in [0.15, 0.2) is 11.5 Å². The predicted molar refractivity (Wildman–Crippen MR) is 94.7 cm³/mol. The molecule has 0 radical (unpaired) electrons. The third kappa shape index (κ3) is 5.67. The lowest BCUT2D eigenvalue weighted by atomic mass is 10.2. The van der Waals surface area contributed by atoms with Crippen LogP contribution in [0.3, 0.4) is 0 Å². The van der Waals surface area contributed by atoms with Gasteiger partial charge in [-0.05, 0) is 29.8 Å². The Labute approximate surface area is 155 Å². The van der Waals surface area contributed by atoms with Crippen LogP contribution in [0.25, 0.3) is 0 Å². The van der Waals surface area contributed by atoms with Gasteiger partial charge in [0.25, 0.3) is 5.91 Å². The second-order valence-corrected chi connectivity index (χ2v) is 5.60. The summed E-state index contributed by atoms with van der Waals surface area (Å²) in [4.78, 5) is 23.7. The zero-order valence-electron chi connectivity index (χ0n) is 15.0. The van der Waals surface area contributed by atoms with E-state index in [0.717, 1.165) is 17.7 Å². The first-order valence-electron chi connectivity index (χ1n) is 8.15. The molecule has 2 aromatic rings. The largest absolute Gasteiger partial charge is 0.493 e. The molecular formula is C19H20F2N2O4. The summed E-state index contributed by atoms with van der Waals surface area (Å²) in [5.41, 5.74) is 0.542. The summed E-state index contributed by atoms with van der Waals surface area (Å²) in [6.07, 6.45) is 0.0157. The summed E-state index contributed by atoms with van der Waals surface area (Å²) in [7, 11) is 3.05. The van der Waals surface area contributed by atoms with Crippen molar-refractivity contribution in [2.24, 2.45) is 0 Å². The number of methoxy groups -OCH3 is 2. The second kappa shape index (κ2) is 9.51. The SMILES string of the molecule is COc1ccc(CNC(=O)CCNC(=O)c2ccc(F)cc2F)cc1OC. The Balaban J connectivity index is 1.78. The third-order valence-electron chi connectivity index (χ3n) is 3.75. The molecule has 0 bridgehead atoms. The molecule has 2 N–H and O–H groups in total. The van der Waals surface area contributed by atoms with Crippen molar-refractivity contribution in [2.45, 2.75) is 13.0 Å². The molecule has 144 valence electrons. The summed E-state index contributed by atoms with van der Waals surface area (Å²) in [6.45, 7) is 0.299. The number of carbonyl (C=O) groups excluding carboxylic acids is 2. The van der Waals surface area contributed by atoms with E-state index < -0.39 is 17.5 Å². The summed E-state index contributed by atoms with van der Waals surface area (Å²) in [5.74, 6) is -1.57. The number of benzene rings is 2. The molecule has 0 heterocycles. The highest BCUT2D eigenvalue weighted by atomic mass is 19.1. The molecule has 27 heavy (non-hydrogen) atoms. The number of amides is 2. The van der Waals surface area contributed by atoms with Crippen molar-refractivity contribution in [1.82, 2.24) is 10.6 Å². The van der Waals surface area contributed by atoms with Crippen LogP contribution < -0.4 is 20.1 Å². The molecule has 0 aromatic heterocycles. The fourth-order valence-corrected chi connectivity index (χ4v) is 2.34. The maximum Gasteiger partial charge on any atom is 0.254 e. The van der Waals surface area contributed by atoms with Crippen LogP contribution in [0.1, 0.15) is 22.3 Å². The molecule has 0 saturated carbocycles. The van der Waals surface area contributed by atoms with Crippen molar-refractivity contribution in [3.05, 3.63) is 59.2 Å². The Kier molecular flexibility index (Phi) is 7.10. The van der Waals surface area contributed by atoms with Crippen LogP contribution in [0.2, 0.25) is 0 Å². The van der Waals surface area contributed by atoms with Gasteiger partial charge in [-0.2, -0.15) is 0 Å². The fraction of sp³-hybridized carbons (Fsp3) is 0.263. The number of ether oxygens (including phenoxy) is 2. The van der Waals surface area contributed by atoms with Crippen LogP contribution >= 0.6 is 0 Å². The first-order chi connectivity index (χ1) is 12.9. The van der Waals surface area contributed by atoms with Crippen molar-refractivity contribution >= 4 is 11.8 Å². The molecule has 2 aromatic carbocycles. The van der Waals surface area contributed by atoms with Crippen molar-refractivity contribution in [2.75, 3.05) is 20.8 Å². The number of halogens is 2. The van der Waals surface area contributed by atoms with Gasteiger partial charge in [-0.3, -0.25) is 9.59 Å². The van der Waals surface area contributed by atoms with Gasteiger partial charge < -0.3 is 20.1 Å². The van der Waals surface area contributed by atoms with Crippen LogP contribution in [0.15, 0.2) is 36.4 Å². The Bertz CT molecular complexity index is 827. The number of rotatable bonds is 8. The molecule has 0 aliphatic carbocycles. The molecule has 0 aliphatic heterocycles. The lowest BCUT2D eigenvalue weighted by Gasteiger charge is -2.10. The minimum atomic E-state index is -0.953. The maximum atomic E-state index is 13.5. The molecule has 2 amide bonds. The quantitative estimate of drug-likeness (QED) is 0.740. The number of nitrogens with one attached hydrogen (secondary N) is 2. The van der Waals surface area contributed by atoms with Crippen molar-refractivity contribution in [3.8, 4) is 11.5 Å². The summed E-state index contributed by atoms with van der Waals surface area (Å²) in [6, 6.07) is 7.95. The van der Waals surface area contributed by atoms with E-state index >= 15 is 0 Å². The molecule has 0 aliphatic rings. The fourth-order valence-electron chi connectivity index (χ4n) is 2.34. The first-order valence-corrected chi connectivity index (χ1v) is 8.15. The normalized spacial score (nSPS) is 10.2. The smallest absolute Gasteiger partial charge is 0.254 e. The standard InChI is InChI=1S/C19H20F2N2O4/c1-26-16-6-3-12(9-17(16)27-2)11-23-18(24)7-8-22-19(25)14-5-4-13(20)10-15(14)21/h3-6,9-10H,7-8,11H2,1-2H3,(H,22,25)(H,23,24). The first kappa shape index (κ1) is 20.2. The average molecular weight is 378 g/mol. The van der Waals surface area contributed by atoms with Crippen LogP contribution in [0.5, 0.6) is 11.5 Å². The molecule has 0 unspecified atom stereocenters. The van der Waals surface area contributed by atoms with Crippen molar-refractivity contribution < 1.29 is 27.8 Å². The zero-order chi connectivity index (χ0) is 19.8. The van der Waals surface area contributed by atoms with Gasteiger partial charge in [0.2, 0.25) is 5.91 Å². The van der Waals surface area contributed by atoms with Crippen molar-refractivity contribution in [1.29, 1.82) is 0 Å². The van der Waals surface area contributed by atoms with E-state index in [1.165, 1.54) is 14.2 Å². The van der Waals surface area contributed by atoms with Gasteiger partial charge in [-0.1, -0.05) is 6.07 Å². The number of hydrogen-bond acceptors (Lipinski definition) is 4. The molecule has 8 heteroatoms. The van der Waals surface area contributed by atoms with E-state index in [4.69, 9.17) is 9.47 Å². The van der Waals surface area contributed by atoms with Gasteiger partial charge in [0.1, 0.15) is 11.6 Å². The summed E-state index contributed by atoms with van der Waals surface area (Å²) in [5, 5.41) is 5.13. The van der Waals surface area contributed by atoms with E-state index in [-0.39, 0.29) is 31.0 Å². The minimum Gasteiger partial charge on any atom is -0.493 e. The molecule has 0 fully saturated rings. The topological polar surface area (TPSA) is 76.7 Å². The van der Waals surface area contributed by atoms with Gasteiger partial charge in [0.05, 0.1) is 19.8 Å². The Morgan fingerprint density at radius 2 is 1.70 bits per heavy atom.